The SMILES string of the molecule is CN(C1=Nc2ccccc2CS1)C1CCN(CCCCOCCc2cccc(F)c2)CC1. The van der Waals surface area contributed by atoms with Crippen LogP contribution in [0.5, 0.6) is 0 Å². The van der Waals surface area contributed by atoms with Gasteiger partial charge < -0.3 is 14.5 Å². The predicted octanol–water partition coefficient (Wildman–Crippen LogP) is 5.50. The van der Waals surface area contributed by atoms with Crippen molar-refractivity contribution >= 4 is 22.6 Å². The van der Waals surface area contributed by atoms with Gasteiger partial charge in [-0.05, 0) is 68.0 Å². The van der Waals surface area contributed by atoms with Gasteiger partial charge >= 0.3 is 0 Å². The van der Waals surface area contributed by atoms with E-state index in [-0.39, 0.29) is 5.82 Å². The second-order valence-corrected chi connectivity index (χ2v) is 9.64. The fraction of sp³-hybridized carbons (Fsp3) is 0.500. The smallest absolute Gasteiger partial charge is 0.164 e. The molecular weight excluding hydrogens is 421 g/mol. The molecule has 1 fully saturated rings. The predicted molar refractivity (Wildman–Crippen MR) is 132 cm³/mol. The van der Waals surface area contributed by atoms with Crippen LogP contribution in [0.1, 0.15) is 36.8 Å². The second kappa shape index (κ2) is 11.8. The third-order valence-electron chi connectivity index (χ3n) is 6.41. The zero-order valence-corrected chi connectivity index (χ0v) is 19.8. The summed E-state index contributed by atoms with van der Waals surface area (Å²) in [7, 11) is 2.21. The first kappa shape index (κ1) is 23.3. The Balaban J connectivity index is 1.09. The number of fused-ring (bicyclic) bond motifs is 1. The molecule has 1 saturated heterocycles. The van der Waals surface area contributed by atoms with Crippen molar-refractivity contribution in [3.05, 3.63) is 65.5 Å². The Morgan fingerprint density at radius 2 is 1.94 bits per heavy atom. The largest absolute Gasteiger partial charge is 0.381 e. The number of likely N-dealkylation sites (tertiary alicyclic amines) is 1. The van der Waals surface area contributed by atoms with Crippen molar-refractivity contribution in [2.24, 2.45) is 4.99 Å². The monoisotopic (exact) mass is 455 g/mol. The van der Waals surface area contributed by atoms with E-state index in [4.69, 9.17) is 9.73 Å². The van der Waals surface area contributed by atoms with E-state index in [1.54, 1.807) is 12.1 Å². The molecular formula is C26H34FN3OS. The van der Waals surface area contributed by atoms with Crippen LogP contribution in [0.15, 0.2) is 53.5 Å². The highest BCUT2D eigenvalue weighted by molar-refractivity contribution is 8.13. The summed E-state index contributed by atoms with van der Waals surface area (Å²) in [6.07, 6.45) is 5.41. The number of benzene rings is 2. The van der Waals surface area contributed by atoms with Crippen molar-refractivity contribution < 1.29 is 9.13 Å². The molecule has 0 saturated carbocycles. The maximum Gasteiger partial charge on any atom is 0.164 e. The average molecular weight is 456 g/mol. The number of halogens is 1. The number of hydrogen-bond donors (Lipinski definition) is 0. The number of thioether (sulfide) groups is 1. The Bertz CT molecular complexity index is 898. The third-order valence-corrected chi connectivity index (χ3v) is 7.50. The highest BCUT2D eigenvalue weighted by Gasteiger charge is 2.26. The zero-order chi connectivity index (χ0) is 22.2. The summed E-state index contributed by atoms with van der Waals surface area (Å²) in [5.41, 5.74) is 3.46. The number of amidine groups is 1. The number of aliphatic imine (C=N–C) groups is 1. The first-order chi connectivity index (χ1) is 15.7. The van der Waals surface area contributed by atoms with Gasteiger partial charge in [0.25, 0.3) is 0 Å². The fourth-order valence-electron chi connectivity index (χ4n) is 4.41. The highest BCUT2D eigenvalue weighted by atomic mass is 32.2. The van der Waals surface area contributed by atoms with Gasteiger partial charge in [0.15, 0.2) is 5.17 Å². The Morgan fingerprint density at radius 1 is 1.09 bits per heavy atom. The number of hydrogen-bond acceptors (Lipinski definition) is 5. The van der Waals surface area contributed by atoms with Gasteiger partial charge in [-0.3, -0.25) is 0 Å². The Morgan fingerprint density at radius 3 is 2.78 bits per heavy atom. The number of piperidine rings is 1. The van der Waals surface area contributed by atoms with Crippen LogP contribution >= 0.6 is 11.8 Å². The average Bonchev–Trinajstić information content (AvgIpc) is 2.83. The summed E-state index contributed by atoms with van der Waals surface area (Å²) in [5.74, 6) is 0.843. The number of unbranched alkanes of at least 4 members (excludes halogenated alkanes) is 1. The van der Waals surface area contributed by atoms with Crippen molar-refractivity contribution in [1.82, 2.24) is 9.80 Å². The van der Waals surface area contributed by atoms with Crippen LogP contribution in [0.3, 0.4) is 0 Å². The van der Waals surface area contributed by atoms with Crippen molar-refractivity contribution in [1.29, 1.82) is 0 Å². The summed E-state index contributed by atoms with van der Waals surface area (Å²) < 4.78 is 18.9. The van der Waals surface area contributed by atoms with Crippen LogP contribution in [-0.4, -0.2) is 60.9 Å². The van der Waals surface area contributed by atoms with Crippen molar-refractivity contribution in [2.45, 2.75) is 43.9 Å². The standard InChI is InChI=1S/C26H34FN3OS/c1-29(26-28-25-10-3-2-8-22(25)20-32-26)24-11-15-30(16-12-24)14-4-5-17-31-18-13-21-7-6-9-23(27)19-21/h2-3,6-10,19,24H,4-5,11-18,20H2,1H3. The minimum Gasteiger partial charge on any atom is -0.381 e. The molecule has 0 spiro atoms. The summed E-state index contributed by atoms with van der Waals surface area (Å²) >= 11 is 1.86. The Hall–Kier alpha value is -1.89. The minimum absolute atomic E-state index is 0.173. The molecule has 4 nitrogen and oxygen atoms in total. The van der Waals surface area contributed by atoms with E-state index < -0.39 is 0 Å². The van der Waals surface area contributed by atoms with E-state index in [0.717, 1.165) is 61.3 Å². The minimum atomic E-state index is -0.173. The van der Waals surface area contributed by atoms with Crippen molar-refractivity contribution in [2.75, 3.05) is 39.9 Å². The summed E-state index contributed by atoms with van der Waals surface area (Å²) in [4.78, 5) is 9.90. The number of ether oxygens (including phenoxy) is 1. The third kappa shape index (κ3) is 6.56. The lowest BCUT2D eigenvalue weighted by Crippen LogP contribution is -2.45. The zero-order valence-electron chi connectivity index (χ0n) is 19.0. The molecule has 2 aliphatic heterocycles. The van der Waals surface area contributed by atoms with Crippen LogP contribution in [-0.2, 0) is 16.9 Å². The lowest BCUT2D eigenvalue weighted by molar-refractivity contribution is 0.123. The number of nitrogens with zero attached hydrogens (tertiary/aromatic N) is 3. The molecule has 172 valence electrons. The summed E-state index contributed by atoms with van der Waals surface area (Å²) in [6.45, 7) is 4.90. The number of rotatable bonds is 9. The van der Waals surface area contributed by atoms with Crippen LogP contribution in [0, 0.1) is 5.82 Å². The van der Waals surface area contributed by atoms with E-state index >= 15 is 0 Å². The number of para-hydroxylation sites is 1. The molecule has 0 aliphatic carbocycles. The molecule has 0 aromatic heterocycles. The molecule has 2 aliphatic rings. The maximum absolute atomic E-state index is 13.2. The van der Waals surface area contributed by atoms with Crippen molar-refractivity contribution in [3.63, 3.8) is 0 Å². The lowest BCUT2D eigenvalue weighted by atomic mass is 10.0. The maximum atomic E-state index is 13.2. The fourth-order valence-corrected chi connectivity index (χ4v) is 5.46. The summed E-state index contributed by atoms with van der Waals surface area (Å²) in [6, 6.07) is 15.8. The van der Waals surface area contributed by atoms with E-state index in [2.05, 4.69) is 41.1 Å². The van der Waals surface area contributed by atoms with Crippen LogP contribution in [0.4, 0.5) is 10.1 Å². The lowest BCUT2D eigenvalue weighted by Gasteiger charge is -2.38. The van der Waals surface area contributed by atoms with Crippen molar-refractivity contribution in [3.8, 4) is 0 Å². The molecule has 0 amide bonds. The van der Waals surface area contributed by atoms with Gasteiger partial charge in [0.05, 0.1) is 12.3 Å². The molecule has 0 unspecified atom stereocenters. The van der Waals surface area contributed by atoms with E-state index in [1.165, 1.54) is 30.9 Å². The van der Waals surface area contributed by atoms with Gasteiger partial charge in [-0.25, -0.2) is 9.38 Å². The first-order valence-electron chi connectivity index (χ1n) is 11.8. The quantitative estimate of drug-likeness (QED) is 0.467. The van der Waals surface area contributed by atoms with Crippen LogP contribution < -0.4 is 0 Å². The highest BCUT2D eigenvalue weighted by Crippen LogP contribution is 2.32. The molecule has 6 heteroatoms. The van der Waals surface area contributed by atoms with Crippen LogP contribution in [0.25, 0.3) is 0 Å². The Labute approximate surface area is 195 Å². The molecule has 32 heavy (non-hydrogen) atoms. The summed E-state index contributed by atoms with van der Waals surface area (Å²) in [5, 5.41) is 1.16. The molecule has 0 atom stereocenters. The first-order valence-corrected chi connectivity index (χ1v) is 12.7. The Kier molecular flexibility index (Phi) is 8.60. The second-order valence-electron chi connectivity index (χ2n) is 8.69. The van der Waals surface area contributed by atoms with Gasteiger partial charge in [0, 0.05) is 38.5 Å². The molecule has 2 aromatic carbocycles. The van der Waals surface area contributed by atoms with E-state index in [1.807, 2.05) is 17.8 Å². The van der Waals surface area contributed by atoms with Gasteiger partial charge in [-0.1, -0.05) is 42.1 Å². The molecule has 0 radical (unpaired) electrons. The molecule has 2 aromatic rings. The van der Waals surface area contributed by atoms with Crippen LogP contribution in [0.2, 0.25) is 0 Å². The molecule has 0 N–H and O–H groups in total. The molecule has 0 bridgehead atoms. The van der Waals surface area contributed by atoms with E-state index in [0.29, 0.717) is 12.6 Å². The normalized spacial score (nSPS) is 17.1. The van der Waals surface area contributed by atoms with Gasteiger partial charge in [0.2, 0.25) is 0 Å². The van der Waals surface area contributed by atoms with Gasteiger partial charge in [-0.15, -0.1) is 0 Å². The topological polar surface area (TPSA) is 28.1 Å². The molecule has 2 heterocycles. The van der Waals surface area contributed by atoms with E-state index in [9.17, 15) is 4.39 Å². The molecule has 4 rings (SSSR count). The van der Waals surface area contributed by atoms with Gasteiger partial charge in [0.1, 0.15) is 5.82 Å². The van der Waals surface area contributed by atoms with Gasteiger partial charge in [-0.2, -0.15) is 0 Å².